The minimum atomic E-state index is -0.293. The molecular formula is C15H15FN2O. The van der Waals surface area contributed by atoms with Crippen LogP contribution in [0.4, 0.5) is 15.8 Å². The van der Waals surface area contributed by atoms with Gasteiger partial charge in [0.25, 0.3) is 0 Å². The SMILES string of the molecule is O=C(CCNc1cccc(F)c1)Nc1ccccc1. The molecule has 2 rings (SSSR count). The van der Waals surface area contributed by atoms with Gasteiger partial charge in [-0.3, -0.25) is 4.79 Å². The normalized spacial score (nSPS) is 9.95. The summed E-state index contributed by atoms with van der Waals surface area (Å²) in [6.45, 7) is 0.460. The number of amides is 1. The van der Waals surface area contributed by atoms with Crippen LogP contribution in [0.15, 0.2) is 54.6 Å². The van der Waals surface area contributed by atoms with Gasteiger partial charge in [-0.1, -0.05) is 24.3 Å². The van der Waals surface area contributed by atoms with Crippen molar-refractivity contribution in [1.82, 2.24) is 0 Å². The summed E-state index contributed by atoms with van der Waals surface area (Å²) in [5, 5.41) is 5.79. The van der Waals surface area contributed by atoms with Gasteiger partial charge in [0.15, 0.2) is 0 Å². The molecule has 2 N–H and O–H groups in total. The lowest BCUT2D eigenvalue weighted by molar-refractivity contribution is -0.115. The Morgan fingerprint density at radius 1 is 1.00 bits per heavy atom. The average Bonchev–Trinajstić information content (AvgIpc) is 2.40. The highest BCUT2D eigenvalue weighted by Crippen LogP contribution is 2.09. The molecule has 0 fully saturated rings. The van der Waals surface area contributed by atoms with E-state index in [1.807, 2.05) is 30.3 Å². The summed E-state index contributed by atoms with van der Waals surface area (Å²) in [7, 11) is 0. The first-order valence-corrected chi connectivity index (χ1v) is 6.08. The summed E-state index contributed by atoms with van der Waals surface area (Å²) < 4.78 is 12.9. The molecule has 0 aliphatic carbocycles. The first kappa shape index (κ1) is 13.1. The predicted octanol–water partition coefficient (Wildman–Crippen LogP) is 3.27. The molecule has 0 bridgehead atoms. The van der Waals surface area contributed by atoms with E-state index in [-0.39, 0.29) is 11.7 Å². The Morgan fingerprint density at radius 2 is 1.74 bits per heavy atom. The number of carbonyl (C=O) groups is 1. The molecular weight excluding hydrogens is 243 g/mol. The van der Waals surface area contributed by atoms with Crippen molar-refractivity contribution in [3.8, 4) is 0 Å². The van der Waals surface area contributed by atoms with Crippen molar-refractivity contribution < 1.29 is 9.18 Å². The highest BCUT2D eigenvalue weighted by atomic mass is 19.1. The number of para-hydroxylation sites is 1. The Bertz CT molecular complexity index is 543. The Hall–Kier alpha value is -2.36. The molecule has 19 heavy (non-hydrogen) atoms. The summed E-state index contributed by atoms with van der Waals surface area (Å²) in [6.07, 6.45) is 0.325. The third-order valence-corrected chi connectivity index (χ3v) is 2.56. The van der Waals surface area contributed by atoms with Gasteiger partial charge in [-0.15, -0.1) is 0 Å². The average molecular weight is 258 g/mol. The molecule has 1 amide bonds. The third-order valence-electron chi connectivity index (χ3n) is 2.56. The van der Waals surface area contributed by atoms with E-state index in [4.69, 9.17) is 0 Å². The third kappa shape index (κ3) is 4.43. The molecule has 0 radical (unpaired) electrons. The largest absolute Gasteiger partial charge is 0.384 e. The van der Waals surface area contributed by atoms with E-state index in [0.717, 1.165) is 5.69 Å². The maximum absolute atomic E-state index is 12.9. The lowest BCUT2D eigenvalue weighted by Gasteiger charge is -2.07. The fourth-order valence-electron chi connectivity index (χ4n) is 1.66. The Kier molecular flexibility index (Phi) is 4.50. The summed E-state index contributed by atoms with van der Waals surface area (Å²) >= 11 is 0. The van der Waals surface area contributed by atoms with Gasteiger partial charge in [-0.25, -0.2) is 4.39 Å². The predicted molar refractivity (Wildman–Crippen MR) is 74.6 cm³/mol. The van der Waals surface area contributed by atoms with E-state index < -0.39 is 0 Å². The van der Waals surface area contributed by atoms with Gasteiger partial charge in [0.05, 0.1) is 0 Å². The van der Waals surface area contributed by atoms with Crippen LogP contribution in [0.1, 0.15) is 6.42 Å². The van der Waals surface area contributed by atoms with E-state index in [1.54, 1.807) is 12.1 Å². The fraction of sp³-hybridized carbons (Fsp3) is 0.133. The van der Waals surface area contributed by atoms with E-state index in [9.17, 15) is 9.18 Å². The van der Waals surface area contributed by atoms with Gasteiger partial charge in [0.2, 0.25) is 5.91 Å². The van der Waals surface area contributed by atoms with Crippen molar-refractivity contribution in [3.05, 3.63) is 60.4 Å². The molecule has 0 heterocycles. The Labute approximate surface area is 111 Å². The summed E-state index contributed by atoms with van der Waals surface area (Å²) in [5.41, 5.74) is 1.45. The van der Waals surface area contributed by atoms with Crippen molar-refractivity contribution >= 4 is 17.3 Å². The Morgan fingerprint density at radius 3 is 2.47 bits per heavy atom. The number of hydrogen-bond acceptors (Lipinski definition) is 2. The van der Waals surface area contributed by atoms with Crippen LogP contribution in [0.3, 0.4) is 0 Å². The molecule has 0 aromatic heterocycles. The molecule has 0 atom stereocenters. The number of benzene rings is 2. The second-order valence-corrected chi connectivity index (χ2v) is 4.10. The standard InChI is InChI=1S/C15H15FN2O/c16-12-5-4-8-14(11-12)17-10-9-15(19)18-13-6-2-1-3-7-13/h1-8,11,17H,9-10H2,(H,18,19). The molecule has 3 nitrogen and oxygen atoms in total. The molecule has 0 aliphatic heterocycles. The molecule has 0 saturated heterocycles. The van der Waals surface area contributed by atoms with Crippen LogP contribution in [0, 0.1) is 5.82 Å². The molecule has 98 valence electrons. The van der Waals surface area contributed by atoms with Crippen molar-refractivity contribution in [2.75, 3.05) is 17.2 Å². The first-order chi connectivity index (χ1) is 9.24. The number of rotatable bonds is 5. The van der Waals surface area contributed by atoms with E-state index in [2.05, 4.69) is 10.6 Å². The zero-order valence-electron chi connectivity index (χ0n) is 10.4. The lowest BCUT2D eigenvalue weighted by Crippen LogP contribution is -2.16. The second kappa shape index (κ2) is 6.54. The second-order valence-electron chi connectivity index (χ2n) is 4.10. The lowest BCUT2D eigenvalue weighted by atomic mass is 10.3. The quantitative estimate of drug-likeness (QED) is 0.864. The van der Waals surface area contributed by atoms with Crippen LogP contribution >= 0.6 is 0 Å². The van der Waals surface area contributed by atoms with Crippen molar-refractivity contribution in [1.29, 1.82) is 0 Å². The summed E-state index contributed by atoms with van der Waals surface area (Å²) in [4.78, 5) is 11.6. The summed E-state index contributed by atoms with van der Waals surface area (Å²) in [6, 6.07) is 15.4. The minimum absolute atomic E-state index is 0.0740. The van der Waals surface area contributed by atoms with Crippen molar-refractivity contribution in [2.24, 2.45) is 0 Å². The first-order valence-electron chi connectivity index (χ1n) is 6.08. The Balaban J connectivity index is 1.75. The topological polar surface area (TPSA) is 41.1 Å². The smallest absolute Gasteiger partial charge is 0.226 e. The zero-order valence-corrected chi connectivity index (χ0v) is 10.4. The van der Waals surface area contributed by atoms with Crippen LogP contribution in [0.25, 0.3) is 0 Å². The van der Waals surface area contributed by atoms with Gasteiger partial charge in [0.1, 0.15) is 5.82 Å². The number of carbonyl (C=O) groups excluding carboxylic acids is 1. The number of nitrogens with one attached hydrogen (secondary N) is 2. The van der Waals surface area contributed by atoms with Crippen LogP contribution in [0.2, 0.25) is 0 Å². The molecule has 2 aromatic rings. The van der Waals surface area contributed by atoms with Crippen molar-refractivity contribution in [3.63, 3.8) is 0 Å². The number of anilines is 2. The highest BCUT2D eigenvalue weighted by molar-refractivity contribution is 5.90. The van der Waals surface area contributed by atoms with Gasteiger partial charge >= 0.3 is 0 Å². The van der Waals surface area contributed by atoms with Gasteiger partial charge < -0.3 is 10.6 Å². The molecule has 0 spiro atoms. The van der Waals surface area contributed by atoms with Crippen LogP contribution < -0.4 is 10.6 Å². The van der Waals surface area contributed by atoms with E-state index in [0.29, 0.717) is 18.7 Å². The van der Waals surface area contributed by atoms with E-state index in [1.165, 1.54) is 12.1 Å². The zero-order chi connectivity index (χ0) is 13.5. The fourth-order valence-corrected chi connectivity index (χ4v) is 1.66. The van der Waals surface area contributed by atoms with Crippen LogP contribution in [-0.2, 0) is 4.79 Å². The monoisotopic (exact) mass is 258 g/mol. The molecule has 0 unspecified atom stereocenters. The van der Waals surface area contributed by atoms with Crippen molar-refractivity contribution in [2.45, 2.75) is 6.42 Å². The maximum atomic E-state index is 12.9. The summed E-state index contributed by atoms with van der Waals surface area (Å²) in [5.74, 6) is -0.367. The maximum Gasteiger partial charge on any atom is 0.226 e. The van der Waals surface area contributed by atoms with Gasteiger partial charge in [0, 0.05) is 24.3 Å². The minimum Gasteiger partial charge on any atom is -0.384 e. The number of halogens is 1. The van der Waals surface area contributed by atoms with Crippen LogP contribution in [-0.4, -0.2) is 12.5 Å². The van der Waals surface area contributed by atoms with Crippen LogP contribution in [0.5, 0.6) is 0 Å². The van der Waals surface area contributed by atoms with Gasteiger partial charge in [-0.05, 0) is 30.3 Å². The molecule has 0 saturated carbocycles. The molecule has 0 aliphatic rings. The highest BCUT2D eigenvalue weighted by Gasteiger charge is 2.01. The molecule has 2 aromatic carbocycles. The number of hydrogen-bond donors (Lipinski definition) is 2. The van der Waals surface area contributed by atoms with E-state index >= 15 is 0 Å². The molecule has 4 heteroatoms. The van der Waals surface area contributed by atoms with Gasteiger partial charge in [-0.2, -0.15) is 0 Å².